The summed E-state index contributed by atoms with van der Waals surface area (Å²) in [4.78, 5) is 14.8. The fraction of sp³-hybridized carbons (Fsp3) is 0.190. The second-order valence-electron chi connectivity index (χ2n) is 6.51. The molecule has 7 heteroatoms. The van der Waals surface area contributed by atoms with E-state index in [2.05, 4.69) is 0 Å². The lowest BCUT2D eigenvalue weighted by Gasteiger charge is -2.23. The molecule has 5 nitrogen and oxygen atoms in total. The van der Waals surface area contributed by atoms with Crippen LogP contribution in [0.4, 0.5) is 5.69 Å². The van der Waals surface area contributed by atoms with Crippen LogP contribution in [0.3, 0.4) is 0 Å². The molecule has 0 aliphatic heterocycles. The molecular weight excluding hydrogens is 396 g/mol. The highest BCUT2D eigenvalue weighted by Gasteiger charge is 2.24. The fourth-order valence-corrected chi connectivity index (χ4v) is 4.10. The Labute approximate surface area is 170 Å². The van der Waals surface area contributed by atoms with Crippen LogP contribution in [-0.2, 0) is 10.0 Å². The number of sulfonamides is 1. The Morgan fingerprint density at radius 2 is 1.64 bits per heavy atom. The summed E-state index contributed by atoms with van der Waals surface area (Å²) in [5, 5.41) is 2.30. The van der Waals surface area contributed by atoms with Gasteiger partial charge in [0.1, 0.15) is 0 Å². The lowest BCUT2D eigenvalue weighted by molar-refractivity contribution is 0.0988. The molecule has 0 N–H and O–H groups in total. The van der Waals surface area contributed by atoms with E-state index in [0.717, 1.165) is 20.8 Å². The number of carbonyl (C=O) groups is 1. The van der Waals surface area contributed by atoms with Crippen LogP contribution < -0.4 is 4.90 Å². The first-order valence-corrected chi connectivity index (χ1v) is 10.6. The quantitative estimate of drug-likeness (QED) is 0.619. The van der Waals surface area contributed by atoms with E-state index in [4.69, 9.17) is 11.6 Å². The summed E-state index contributed by atoms with van der Waals surface area (Å²) in [7, 11) is -0.785. The van der Waals surface area contributed by atoms with Gasteiger partial charge < -0.3 is 4.90 Å². The van der Waals surface area contributed by atoms with Crippen molar-refractivity contribution in [3.63, 3.8) is 0 Å². The number of halogens is 1. The highest BCUT2D eigenvalue weighted by molar-refractivity contribution is 7.89. The van der Waals surface area contributed by atoms with Crippen molar-refractivity contribution >= 4 is 44.0 Å². The zero-order valence-electron chi connectivity index (χ0n) is 15.9. The topological polar surface area (TPSA) is 57.7 Å². The molecule has 0 atom stereocenters. The highest BCUT2D eigenvalue weighted by Crippen LogP contribution is 2.27. The minimum absolute atomic E-state index is 0.0276. The van der Waals surface area contributed by atoms with Gasteiger partial charge in [-0.2, -0.15) is 0 Å². The number of hydrogen-bond donors (Lipinski definition) is 0. The Morgan fingerprint density at radius 1 is 0.964 bits per heavy atom. The van der Waals surface area contributed by atoms with E-state index in [1.807, 2.05) is 49.4 Å². The van der Waals surface area contributed by atoms with Crippen LogP contribution in [0.5, 0.6) is 0 Å². The molecular formula is C21H21ClN2O3S. The van der Waals surface area contributed by atoms with E-state index in [-0.39, 0.29) is 21.4 Å². The van der Waals surface area contributed by atoms with E-state index in [0.29, 0.717) is 6.54 Å². The normalized spacial score (nSPS) is 11.8. The molecule has 1 amide bonds. The van der Waals surface area contributed by atoms with Crippen molar-refractivity contribution < 1.29 is 13.2 Å². The molecule has 0 aromatic heterocycles. The van der Waals surface area contributed by atoms with Crippen LogP contribution in [0, 0.1) is 0 Å². The van der Waals surface area contributed by atoms with Crippen molar-refractivity contribution in [3.8, 4) is 0 Å². The third-order valence-corrected chi connectivity index (χ3v) is 6.69. The largest absolute Gasteiger partial charge is 0.309 e. The molecule has 0 aliphatic carbocycles. The first kappa shape index (κ1) is 20.3. The smallest absolute Gasteiger partial charge is 0.259 e. The standard InChI is InChI=1S/C21H21ClN2O3S/c1-4-24(17-10-9-15-7-5-6-8-16(15)13-17)21(25)19-14-18(11-12-20(19)22)28(26,27)23(2)3/h5-14H,4H2,1-3H3. The molecule has 3 rings (SSSR count). The van der Waals surface area contributed by atoms with Crippen molar-refractivity contribution in [2.45, 2.75) is 11.8 Å². The maximum absolute atomic E-state index is 13.2. The first-order chi connectivity index (χ1) is 13.3. The molecule has 0 radical (unpaired) electrons. The summed E-state index contributed by atoms with van der Waals surface area (Å²) >= 11 is 6.25. The summed E-state index contributed by atoms with van der Waals surface area (Å²) in [6.45, 7) is 2.28. The predicted molar refractivity (Wildman–Crippen MR) is 114 cm³/mol. The fourth-order valence-electron chi connectivity index (χ4n) is 2.97. The maximum atomic E-state index is 13.2. The number of hydrogen-bond acceptors (Lipinski definition) is 3. The molecule has 0 unspecified atom stereocenters. The summed E-state index contributed by atoms with van der Waals surface area (Å²) in [5.74, 6) is -0.349. The second-order valence-corrected chi connectivity index (χ2v) is 9.07. The van der Waals surface area contributed by atoms with Crippen LogP contribution >= 0.6 is 11.6 Å². The highest BCUT2D eigenvalue weighted by atomic mass is 35.5. The summed E-state index contributed by atoms with van der Waals surface area (Å²) in [6, 6.07) is 17.8. The summed E-state index contributed by atoms with van der Waals surface area (Å²) in [5.41, 5.74) is 0.878. The molecule has 0 heterocycles. The SMILES string of the molecule is CCN(C(=O)c1cc(S(=O)(=O)N(C)C)ccc1Cl)c1ccc2ccccc2c1. The third-order valence-electron chi connectivity index (χ3n) is 4.55. The van der Waals surface area contributed by atoms with Gasteiger partial charge in [-0.05, 0) is 48.0 Å². The van der Waals surface area contributed by atoms with Crippen molar-refractivity contribution in [3.05, 3.63) is 71.2 Å². The molecule has 3 aromatic carbocycles. The van der Waals surface area contributed by atoms with Gasteiger partial charge in [0.15, 0.2) is 0 Å². The molecule has 28 heavy (non-hydrogen) atoms. The minimum atomic E-state index is -3.67. The third kappa shape index (κ3) is 3.76. The Morgan fingerprint density at radius 3 is 2.29 bits per heavy atom. The Hall–Kier alpha value is -2.41. The van der Waals surface area contributed by atoms with E-state index in [1.54, 1.807) is 4.90 Å². The van der Waals surface area contributed by atoms with E-state index in [1.165, 1.54) is 32.3 Å². The first-order valence-electron chi connectivity index (χ1n) is 8.78. The van der Waals surface area contributed by atoms with Gasteiger partial charge in [-0.15, -0.1) is 0 Å². The Bertz CT molecular complexity index is 1140. The number of amides is 1. The average molecular weight is 417 g/mol. The average Bonchev–Trinajstić information content (AvgIpc) is 2.68. The molecule has 146 valence electrons. The van der Waals surface area contributed by atoms with Gasteiger partial charge in [0.25, 0.3) is 5.91 Å². The monoisotopic (exact) mass is 416 g/mol. The summed E-state index contributed by atoms with van der Waals surface area (Å²) in [6.07, 6.45) is 0. The van der Waals surface area contributed by atoms with Crippen molar-refractivity contribution in [2.24, 2.45) is 0 Å². The zero-order valence-corrected chi connectivity index (χ0v) is 17.5. The second kappa shape index (κ2) is 7.91. The number of fused-ring (bicyclic) bond motifs is 1. The van der Waals surface area contributed by atoms with Crippen LogP contribution in [0.25, 0.3) is 10.8 Å². The van der Waals surface area contributed by atoms with Gasteiger partial charge in [-0.1, -0.05) is 41.9 Å². The van der Waals surface area contributed by atoms with Crippen molar-refractivity contribution in [1.29, 1.82) is 0 Å². The molecule has 3 aromatic rings. The number of rotatable bonds is 5. The van der Waals surface area contributed by atoms with E-state index >= 15 is 0 Å². The van der Waals surface area contributed by atoms with Crippen molar-refractivity contribution in [2.75, 3.05) is 25.5 Å². The minimum Gasteiger partial charge on any atom is -0.309 e. The lowest BCUT2D eigenvalue weighted by atomic mass is 10.1. The van der Waals surface area contributed by atoms with Gasteiger partial charge >= 0.3 is 0 Å². The molecule has 0 fully saturated rings. The Balaban J connectivity index is 2.05. The maximum Gasteiger partial charge on any atom is 0.259 e. The number of nitrogens with zero attached hydrogens (tertiary/aromatic N) is 2. The molecule has 0 saturated carbocycles. The Kier molecular flexibility index (Phi) is 5.74. The van der Waals surface area contributed by atoms with Crippen LogP contribution in [0.2, 0.25) is 5.02 Å². The lowest BCUT2D eigenvalue weighted by Crippen LogP contribution is -2.31. The predicted octanol–water partition coefficient (Wildman–Crippen LogP) is 4.41. The van der Waals surface area contributed by atoms with Crippen LogP contribution in [0.15, 0.2) is 65.6 Å². The number of anilines is 1. The number of benzene rings is 3. The van der Waals surface area contributed by atoms with Gasteiger partial charge in [-0.3, -0.25) is 4.79 Å². The molecule has 0 aliphatic rings. The van der Waals surface area contributed by atoms with Gasteiger partial charge in [-0.25, -0.2) is 12.7 Å². The van der Waals surface area contributed by atoms with E-state index < -0.39 is 10.0 Å². The van der Waals surface area contributed by atoms with Crippen LogP contribution in [0.1, 0.15) is 17.3 Å². The number of carbonyl (C=O) groups excluding carboxylic acids is 1. The van der Waals surface area contributed by atoms with Gasteiger partial charge in [0, 0.05) is 26.3 Å². The van der Waals surface area contributed by atoms with Gasteiger partial charge in [0.2, 0.25) is 10.0 Å². The molecule has 0 bridgehead atoms. The summed E-state index contributed by atoms with van der Waals surface area (Å²) < 4.78 is 26.0. The van der Waals surface area contributed by atoms with Crippen molar-refractivity contribution in [1.82, 2.24) is 4.31 Å². The van der Waals surface area contributed by atoms with Gasteiger partial charge in [0.05, 0.1) is 15.5 Å². The molecule has 0 saturated heterocycles. The molecule has 0 spiro atoms. The zero-order chi connectivity index (χ0) is 20.5. The van der Waals surface area contributed by atoms with E-state index in [9.17, 15) is 13.2 Å². The van der Waals surface area contributed by atoms with Crippen LogP contribution in [-0.4, -0.2) is 39.3 Å².